The minimum Gasteiger partial charge on any atom is -0.481 e. The van der Waals surface area contributed by atoms with Crippen LogP contribution in [0.15, 0.2) is 0 Å². The van der Waals surface area contributed by atoms with Gasteiger partial charge < -0.3 is 10.4 Å². The van der Waals surface area contributed by atoms with E-state index in [2.05, 4.69) is 26.1 Å². The van der Waals surface area contributed by atoms with Gasteiger partial charge in [-0.1, -0.05) is 20.8 Å². The third kappa shape index (κ3) is 5.53. The lowest BCUT2D eigenvalue weighted by atomic mass is 9.86. The molecular weight excluding hydrogens is 214 g/mol. The van der Waals surface area contributed by atoms with Gasteiger partial charge in [0.25, 0.3) is 0 Å². The fourth-order valence-electron chi connectivity index (χ4n) is 2.80. The normalized spacial score (nSPS) is 27.1. The van der Waals surface area contributed by atoms with E-state index in [9.17, 15) is 4.79 Å². The highest BCUT2D eigenvalue weighted by Gasteiger charge is 2.25. The SMILES string of the molecule is CC(C)CC(C)CNC1CCC(C(=O)O)CC1. The van der Waals surface area contributed by atoms with E-state index in [-0.39, 0.29) is 5.92 Å². The molecule has 1 atom stereocenters. The summed E-state index contributed by atoms with van der Waals surface area (Å²) < 4.78 is 0. The molecule has 0 saturated heterocycles. The van der Waals surface area contributed by atoms with Crippen LogP contribution in [0.3, 0.4) is 0 Å². The van der Waals surface area contributed by atoms with Gasteiger partial charge in [0.15, 0.2) is 0 Å². The fraction of sp³-hybridized carbons (Fsp3) is 0.929. The number of rotatable bonds is 6. The summed E-state index contributed by atoms with van der Waals surface area (Å²) in [5, 5.41) is 12.5. The van der Waals surface area contributed by atoms with Crippen LogP contribution in [-0.4, -0.2) is 23.7 Å². The Morgan fingerprint density at radius 3 is 2.29 bits per heavy atom. The standard InChI is InChI=1S/C14H27NO2/c1-10(2)8-11(3)9-15-13-6-4-12(5-7-13)14(16)17/h10-13,15H,4-9H2,1-3H3,(H,16,17). The number of hydrogen-bond acceptors (Lipinski definition) is 2. The van der Waals surface area contributed by atoms with Crippen LogP contribution in [0.5, 0.6) is 0 Å². The highest BCUT2D eigenvalue weighted by Crippen LogP contribution is 2.24. The number of nitrogens with one attached hydrogen (secondary N) is 1. The topological polar surface area (TPSA) is 49.3 Å². The maximum atomic E-state index is 10.8. The molecule has 1 rings (SSSR count). The number of aliphatic carboxylic acids is 1. The first kappa shape index (κ1) is 14.5. The van der Waals surface area contributed by atoms with Crippen LogP contribution < -0.4 is 5.32 Å². The molecule has 1 aliphatic rings. The zero-order valence-corrected chi connectivity index (χ0v) is 11.4. The first-order chi connectivity index (χ1) is 7.99. The van der Waals surface area contributed by atoms with E-state index >= 15 is 0 Å². The van der Waals surface area contributed by atoms with Crippen molar-refractivity contribution in [2.24, 2.45) is 17.8 Å². The van der Waals surface area contributed by atoms with Crippen LogP contribution in [-0.2, 0) is 4.79 Å². The maximum Gasteiger partial charge on any atom is 0.306 e. The summed E-state index contributed by atoms with van der Waals surface area (Å²) in [6, 6.07) is 0.542. The van der Waals surface area contributed by atoms with Crippen molar-refractivity contribution in [2.75, 3.05) is 6.54 Å². The number of carboxylic acid groups (broad SMARTS) is 1. The van der Waals surface area contributed by atoms with Crippen molar-refractivity contribution in [3.05, 3.63) is 0 Å². The lowest BCUT2D eigenvalue weighted by Gasteiger charge is -2.28. The average molecular weight is 241 g/mol. The van der Waals surface area contributed by atoms with Gasteiger partial charge >= 0.3 is 5.97 Å². The molecule has 0 aromatic rings. The van der Waals surface area contributed by atoms with Crippen molar-refractivity contribution in [1.82, 2.24) is 5.32 Å². The Bertz CT molecular complexity index is 232. The van der Waals surface area contributed by atoms with E-state index in [0.29, 0.717) is 12.0 Å². The van der Waals surface area contributed by atoms with Crippen LogP contribution in [0, 0.1) is 17.8 Å². The first-order valence-electron chi connectivity index (χ1n) is 6.95. The van der Waals surface area contributed by atoms with E-state index in [1.54, 1.807) is 0 Å². The predicted octanol–water partition coefficient (Wildman–Crippen LogP) is 2.90. The third-order valence-electron chi connectivity index (χ3n) is 3.71. The Balaban J connectivity index is 2.16. The Kier molecular flexibility index (Phi) is 5.96. The molecular formula is C14H27NO2. The monoisotopic (exact) mass is 241 g/mol. The van der Waals surface area contributed by atoms with Crippen molar-refractivity contribution in [3.8, 4) is 0 Å². The van der Waals surface area contributed by atoms with Crippen LogP contribution in [0.2, 0.25) is 0 Å². The van der Waals surface area contributed by atoms with Crippen LogP contribution >= 0.6 is 0 Å². The van der Waals surface area contributed by atoms with E-state index in [1.807, 2.05) is 0 Å². The minimum absolute atomic E-state index is 0.0962. The van der Waals surface area contributed by atoms with Crippen molar-refractivity contribution in [3.63, 3.8) is 0 Å². The zero-order chi connectivity index (χ0) is 12.8. The average Bonchev–Trinajstić information content (AvgIpc) is 2.26. The molecule has 0 heterocycles. The number of hydrogen-bond donors (Lipinski definition) is 2. The van der Waals surface area contributed by atoms with Crippen molar-refractivity contribution in [2.45, 2.75) is 58.9 Å². The predicted molar refractivity (Wildman–Crippen MR) is 70.0 cm³/mol. The molecule has 1 unspecified atom stereocenters. The Labute approximate surface area is 105 Å². The summed E-state index contributed by atoms with van der Waals surface area (Å²) in [5.74, 6) is 0.763. The molecule has 0 aromatic carbocycles. The van der Waals surface area contributed by atoms with Gasteiger partial charge in [-0.25, -0.2) is 0 Å². The van der Waals surface area contributed by atoms with E-state index in [4.69, 9.17) is 5.11 Å². The highest BCUT2D eigenvalue weighted by atomic mass is 16.4. The van der Waals surface area contributed by atoms with Crippen molar-refractivity contribution >= 4 is 5.97 Å². The number of carbonyl (C=O) groups is 1. The molecule has 1 fully saturated rings. The van der Waals surface area contributed by atoms with Gasteiger partial charge in [-0.2, -0.15) is 0 Å². The third-order valence-corrected chi connectivity index (χ3v) is 3.71. The molecule has 3 nitrogen and oxygen atoms in total. The molecule has 0 bridgehead atoms. The summed E-state index contributed by atoms with van der Waals surface area (Å²) in [4.78, 5) is 10.8. The Morgan fingerprint density at radius 1 is 1.24 bits per heavy atom. The Morgan fingerprint density at radius 2 is 1.82 bits per heavy atom. The summed E-state index contributed by atoms with van der Waals surface area (Å²) in [7, 11) is 0. The van der Waals surface area contributed by atoms with Crippen molar-refractivity contribution < 1.29 is 9.90 Å². The molecule has 100 valence electrons. The van der Waals surface area contributed by atoms with E-state index < -0.39 is 5.97 Å². The molecule has 0 radical (unpaired) electrons. The largest absolute Gasteiger partial charge is 0.481 e. The smallest absolute Gasteiger partial charge is 0.306 e. The van der Waals surface area contributed by atoms with Crippen molar-refractivity contribution in [1.29, 1.82) is 0 Å². The zero-order valence-electron chi connectivity index (χ0n) is 11.4. The minimum atomic E-state index is -0.614. The van der Waals surface area contributed by atoms with Gasteiger partial charge in [0.1, 0.15) is 0 Å². The number of carboxylic acids is 1. The second-order valence-electron chi connectivity index (χ2n) is 6.03. The summed E-state index contributed by atoms with van der Waals surface area (Å²) in [6.07, 6.45) is 4.98. The van der Waals surface area contributed by atoms with Gasteiger partial charge in [-0.15, -0.1) is 0 Å². The van der Waals surface area contributed by atoms with Gasteiger partial charge in [-0.05, 0) is 50.5 Å². The summed E-state index contributed by atoms with van der Waals surface area (Å²) in [6.45, 7) is 7.87. The second-order valence-corrected chi connectivity index (χ2v) is 6.03. The molecule has 0 aliphatic heterocycles. The highest BCUT2D eigenvalue weighted by molar-refractivity contribution is 5.70. The first-order valence-corrected chi connectivity index (χ1v) is 6.95. The van der Waals surface area contributed by atoms with Gasteiger partial charge in [0.05, 0.1) is 5.92 Å². The molecule has 17 heavy (non-hydrogen) atoms. The van der Waals surface area contributed by atoms with E-state index in [0.717, 1.165) is 38.1 Å². The van der Waals surface area contributed by atoms with Crippen LogP contribution in [0.1, 0.15) is 52.9 Å². The van der Waals surface area contributed by atoms with Crippen LogP contribution in [0.25, 0.3) is 0 Å². The van der Waals surface area contributed by atoms with E-state index in [1.165, 1.54) is 6.42 Å². The quantitative estimate of drug-likeness (QED) is 0.751. The lowest BCUT2D eigenvalue weighted by Crippen LogP contribution is -2.37. The molecule has 1 aliphatic carbocycles. The molecule has 0 spiro atoms. The summed E-state index contributed by atoms with van der Waals surface area (Å²) in [5.41, 5.74) is 0. The van der Waals surface area contributed by atoms with Gasteiger partial charge in [0, 0.05) is 6.04 Å². The van der Waals surface area contributed by atoms with Gasteiger partial charge in [-0.3, -0.25) is 4.79 Å². The fourth-order valence-corrected chi connectivity index (χ4v) is 2.80. The molecule has 0 aromatic heterocycles. The molecule has 2 N–H and O–H groups in total. The van der Waals surface area contributed by atoms with Crippen LogP contribution in [0.4, 0.5) is 0 Å². The maximum absolute atomic E-state index is 10.8. The van der Waals surface area contributed by atoms with Gasteiger partial charge in [0.2, 0.25) is 0 Å². The molecule has 0 amide bonds. The molecule has 1 saturated carbocycles. The summed E-state index contributed by atoms with van der Waals surface area (Å²) >= 11 is 0. The Hall–Kier alpha value is -0.570. The molecule has 3 heteroatoms. The lowest BCUT2D eigenvalue weighted by molar-refractivity contribution is -0.142. The second kappa shape index (κ2) is 7.00.